The van der Waals surface area contributed by atoms with E-state index in [-0.39, 0.29) is 4.90 Å². The highest BCUT2D eigenvalue weighted by molar-refractivity contribution is 7.91. The number of rotatable bonds is 3. The fourth-order valence-corrected chi connectivity index (χ4v) is 2.22. The molecule has 0 atom stereocenters. The molecule has 0 fully saturated rings. The fourth-order valence-electron chi connectivity index (χ4n) is 1.10. The van der Waals surface area contributed by atoms with Gasteiger partial charge in [0.25, 0.3) is 0 Å². The predicted octanol–water partition coefficient (Wildman–Crippen LogP) is 1.63. The van der Waals surface area contributed by atoms with Gasteiger partial charge in [0.05, 0.1) is 11.0 Å². The summed E-state index contributed by atoms with van der Waals surface area (Å²) in [5.74, 6) is -0.502. The van der Waals surface area contributed by atoms with Crippen molar-refractivity contribution in [3.05, 3.63) is 36.4 Å². The van der Waals surface area contributed by atoms with Gasteiger partial charge in [-0.05, 0) is 11.6 Å². The van der Waals surface area contributed by atoms with Gasteiger partial charge in [0, 0.05) is 0 Å². The van der Waals surface area contributed by atoms with Crippen molar-refractivity contribution in [3.8, 4) is 6.07 Å². The summed E-state index contributed by atoms with van der Waals surface area (Å²) in [4.78, 5) is 0.163. The lowest BCUT2D eigenvalue weighted by Gasteiger charge is -2.03. The van der Waals surface area contributed by atoms with Gasteiger partial charge in [0.2, 0.25) is 0 Å². The Morgan fingerprint density at radius 2 is 2.07 bits per heavy atom. The Morgan fingerprint density at radius 3 is 2.64 bits per heavy atom. The molecular formula is C10H9NO2S. The third kappa shape index (κ3) is 2.01. The normalized spacial score (nSPS) is 10.5. The maximum Gasteiger partial charge on any atom is 0.192 e. The summed E-state index contributed by atoms with van der Waals surface area (Å²) in [6, 6.07) is 8.11. The molecular weight excluding hydrogens is 198 g/mol. The van der Waals surface area contributed by atoms with E-state index < -0.39 is 15.6 Å². The Labute approximate surface area is 83.2 Å². The molecule has 1 aromatic rings. The van der Waals surface area contributed by atoms with Gasteiger partial charge in [0.1, 0.15) is 5.75 Å². The van der Waals surface area contributed by atoms with Crippen molar-refractivity contribution in [1.82, 2.24) is 0 Å². The molecule has 0 aromatic heterocycles. The van der Waals surface area contributed by atoms with E-state index in [1.54, 1.807) is 24.3 Å². The summed E-state index contributed by atoms with van der Waals surface area (Å²) < 4.78 is 23.1. The molecule has 1 rings (SSSR count). The predicted molar refractivity (Wildman–Crippen MR) is 54.2 cm³/mol. The molecule has 0 saturated carbocycles. The van der Waals surface area contributed by atoms with Crippen LogP contribution >= 0.6 is 0 Å². The first kappa shape index (κ1) is 10.5. The van der Waals surface area contributed by atoms with Crippen molar-refractivity contribution in [2.24, 2.45) is 0 Å². The molecule has 0 aliphatic carbocycles. The lowest BCUT2D eigenvalue weighted by Crippen LogP contribution is -2.06. The number of sulfone groups is 1. The Morgan fingerprint density at radius 1 is 1.43 bits per heavy atom. The van der Waals surface area contributed by atoms with Crippen LogP contribution in [0.3, 0.4) is 0 Å². The minimum absolute atomic E-state index is 0.163. The molecule has 0 heterocycles. The van der Waals surface area contributed by atoms with Crippen LogP contribution in [-0.2, 0) is 9.84 Å². The van der Waals surface area contributed by atoms with Crippen molar-refractivity contribution in [1.29, 1.82) is 5.26 Å². The highest BCUT2D eigenvalue weighted by Gasteiger charge is 2.15. The lowest BCUT2D eigenvalue weighted by atomic mass is 10.2. The maximum atomic E-state index is 11.5. The largest absolute Gasteiger partial charge is 0.223 e. The summed E-state index contributed by atoms with van der Waals surface area (Å²) in [7, 11) is -3.49. The lowest BCUT2D eigenvalue weighted by molar-refractivity contribution is 0.599. The van der Waals surface area contributed by atoms with Crippen LogP contribution in [0.25, 0.3) is 6.08 Å². The van der Waals surface area contributed by atoms with Crippen molar-refractivity contribution >= 4 is 15.9 Å². The second kappa shape index (κ2) is 4.07. The fraction of sp³-hybridized carbons (Fsp3) is 0.100. The summed E-state index contributed by atoms with van der Waals surface area (Å²) >= 11 is 0. The molecule has 72 valence electrons. The molecule has 1 aromatic carbocycles. The van der Waals surface area contributed by atoms with Gasteiger partial charge in [-0.15, -0.1) is 0 Å². The van der Waals surface area contributed by atoms with Crippen LogP contribution in [0, 0.1) is 11.3 Å². The number of nitrogens with zero attached hydrogens (tertiary/aromatic N) is 1. The molecule has 0 aliphatic rings. The van der Waals surface area contributed by atoms with E-state index in [9.17, 15) is 8.42 Å². The first-order valence-corrected chi connectivity index (χ1v) is 5.58. The van der Waals surface area contributed by atoms with Crippen molar-refractivity contribution in [2.75, 3.05) is 5.75 Å². The van der Waals surface area contributed by atoms with E-state index in [2.05, 4.69) is 6.58 Å². The van der Waals surface area contributed by atoms with Crippen LogP contribution in [0.4, 0.5) is 0 Å². The highest BCUT2D eigenvalue weighted by atomic mass is 32.2. The van der Waals surface area contributed by atoms with Gasteiger partial charge in [0.15, 0.2) is 9.84 Å². The first-order chi connectivity index (χ1) is 6.61. The monoisotopic (exact) mass is 207 g/mol. The second-order valence-electron chi connectivity index (χ2n) is 2.66. The SMILES string of the molecule is C=Cc1ccccc1S(=O)(=O)CC#N. The summed E-state index contributed by atoms with van der Waals surface area (Å²) in [6.07, 6.45) is 1.46. The van der Waals surface area contributed by atoms with Gasteiger partial charge < -0.3 is 0 Å². The molecule has 4 heteroatoms. The van der Waals surface area contributed by atoms with Gasteiger partial charge >= 0.3 is 0 Å². The zero-order chi connectivity index (χ0) is 10.6. The topological polar surface area (TPSA) is 57.9 Å². The van der Waals surface area contributed by atoms with Crippen LogP contribution in [0.1, 0.15) is 5.56 Å². The third-order valence-corrected chi connectivity index (χ3v) is 3.28. The highest BCUT2D eigenvalue weighted by Crippen LogP contribution is 2.17. The second-order valence-corrected chi connectivity index (χ2v) is 4.62. The zero-order valence-corrected chi connectivity index (χ0v) is 8.29. The van der Waals surface area contributed by atoms with E-state index in [1.165, 1.54) is 12.1 Å². The van der Waals surface area contributed by atoms with Gasteiger partial charge in [-0.25, -0.2) is 8.42 Å². The third-order valence-electron chi connectivity index (χ3n) is 1.73. The molecule has 0 bridgehead atoms. The zero-order valence-electron chi connectivity index (χ0n) is 7.47. The van der Waals surface area contributed by atoms with E-state index in [1.807, 2.05) is 0 Å². The van der Waals surface area contributed by atoms with E-state index >= 15 is 0 Å². The van der Waals surface area contributed by atoms with Gasteiger partial charge in [-0.2, -0.15) is 5.26 Å². The molecule has 14 heavy (non-hydrogen) atoms. The smallest absolute Gasteiger partial charge is 0.192 e. The summed E-state index contributed by atoms with van der Waals surface area (Å²) in [5, 5.41) is 8.37. The minimum atomic E-state index is -3.49. The average Bonchev–Trinajstić information content (AvgIpc) is 2.18. The average molecular weight is 207 g/mol. The van der Waals surface area contributed by atoms with Crippen LogP contribution in [0.5, 0.6) is 0 Å². The van der Waals surface area contributed by atoms with Crippen molar-refractivity contribution in [3.63, 3.8) is 0 Å². The van der Waals surface area contributed by atoms with Crippen LogP contribution in [-0.4, -0.2) is 14.2 Å². The Hall–Kier alpha value is -1.60. The van der Waals surface area contributed by atoms with Gasteiger partial charge in [-0.1, -0.05) is 30.9 Å². The molecule has 0 N–H and O–H groups in total. The minimum Gasteiger partial charge on any atom is -0.223 e. The number of hydrogen-bond acceptors (Lipinski definition) is 3. The number of nitriles is 1. The molecule has 0 spiro atoms. The van der Waals surface area contributed by atoms with Crippen molar-refractivity contribution < 1.29 is 8.42 Å². The van der Waals surface area contributed by atoms with E-state index in [0.717, 1.165) is 0 Å². The molecule has 0 amide bonds. The summed E-state index contributed by atoms with van der Waals surface area (Å²) in [5.41, 5.74) is 0.530. The molecule has 3 nitrogen and oxygen atoms in total. The Balaban J connectivity index is 3.33. The Kier molecular flexibility index (Phi) is 3.05. The molecule has 0 unspecified atom stereocenters. The van der Waals surface area contributed by atoms with Crippen LogP contribution in [0.2, 0.25) is 0 Å². The number of benzene rings is 1. The first-order valence-electron chi connectivity index (χ1n) is 3.93. The van der Waals surface area contributed by atoms with Crippen LogP contribution < -0.4 is 0 Å². The standard InChI is InChI=1S/C10H9NO2S/c1-2-9-5-3-4-6-10(9)14(12,13)8-7-11/h2-6H,1,8H2. The number of hydrogen-bond donors (Lipinski definition) is 0. The molecule has 0 saturated heterocycles. The maximum absolute atomic E-state index is 11.5. The van der Waals surface area contributed by atoms with E-state index in [4.69, 9.17) is 5.26 Å². The molecule has 0 aliphatic heterocycles. The van der Waals surface area contributed by atoms with E-state index in [0.29, 0.717) is 5.56 Å². The summed E-state index contributed by atoms with van der Waals surface area (Å²) in [6.45, 7) is 3.52. The van der Waals surface area contributed by atoms with Crippen LogP contribution in [0.15, 0.2) is 35.7 Å². The Bertz CT molecular complexity index is 483. The quantitative estimate of drug-likeness (QED) is 0.756. The van der Waals surface area contributed by atoms with Crippen molar-refractivity contribution in [2.45, 2.75) is 4.90 Å². The molecule has 0 radical (unpaired) electrons. The van der Waals surface area contributed by atoms with Gasteiger partial charge in [-0.3, -0.25) is 0 Å².